The molecule has 6 heteroatoms. The summed E-state index contributed by atoms with van der Waals surface area (Å²) in [6, 6.07) is 20.9. The third-order valence-corrected chi connectivity index (χ3v) is 4.99. The summed E-state index contributed by atoms with van der Waals surface area (Å²) in [5, 5.41) is 7.13. The number of nitrogens with one attached hydrogen (secondary N) is 1. The van der Waals surface area contributed by atoms with Crippen LogP contribution in [0.15, 0.2) is 83.6 Å². The molecule has 0 fully saturated rings. The van der Waals surface area contributed by atoms with E-state index in [1.54, 1.807) is 19.3 Å². The Bertz CT molecular complexity index is 1140. The minimum Gasteiger partial charge on any atom is -0.489 e. The monoisotopic (exact) mass is 413 g/mol. The fraction of sp³-hybridized carbons (Fsp3) is 0.160. The van der Waals surface area contributed by atoms with Gasteiger partial charge in [0.15, 0.2) is 0 Å². The summed E-state index contributed by atoms with van der Waals surface area (Å²) in [6.45, 7) is 4.14. The second kappa shape index (κ2) is 9.26. The average Bonchev–Trinajstić information content (AvgIpc) is 3.21. The molecule has 6 nitrogen and oxygen atoms in total. The first-order valence-electron chi connectivity index (χ1n) is 10.1. The maximum absolute atomic E-state index is 13.0. The molecular weight excluding hydrogens is 390 g/mol. The van der Waals surface area contributed by atoms with Crippen LogP contribution in [0.2, 0.25) is 0 Å². The normalized spacial score (nSPS) is 11.7. The number of amides is 1. The third-order valence-electron chi connectivity index (χ3n) is 4.99. The molecule has 0 aliphatic carbocycles. The van der Waals surface area contributed by atoms with Gasteiger partial charge in [0.1, 0.15) is 29.4 Å². The van der Waals surface area contributed by atoms with Crippen molar-refractivity contribution in [3.05, 3.63) is 102 Å². The van der Waals surface area contributed by atoms with Gasteiger partial charge >= 0.3 is 0 Å². The lowest BCUT2D eigenvalue weighted by Gasteiger charge is -2.15. The third kappa shape index (κ3) is 4.80. The van der Waals surface area contributed by atoms with Crippen LogP contribution in [-0.4, -0.2) is 16.0 Å². The number of pyridine rings is 1. The number of aryl methyl sites for hydroxylation is 1. The van der Waals surface area contributed by atoms with E-state index in [9.17, 15) is 4.79 Å². The van der Waals surface area contributed by atoms with E-state index in [1.165, 1.54) is 0 Å². The molecule has 0 spiro atoms. The summed E-state index contributed by atoms with van der Waals surface area (Å²) < 4.78 is 11.1. The highest BCUT2D eigenvalue weighted by Gasteiger charge is 2.23. The van der Waals surface area contributed by atoms with Gasteiger partial charge in [-0.05, 0) is 37.6 Å². The molecule has 0 aliphatic heterocycles. The van der Waals surface area contributed by atoms with Crippen LogP contribution in [-0.2, 0) is 6.61 Å². The maximum atomic E-state index is 13.0. The van der Waals surface area contributed by atoms with Gasteiger partial charge in [-0.15, -0.1) is 0 Å². The van der Waals surface area contributed by atoms with Crippen LogP contribution in [0.1, 0.15) is 40.2 Å². The van der Waals surface area contributed by atoms with Crippen molar-refractivity contribution in [2.24, 2.45) is 0 Å². The maximum Gasteiger partial charge on any atom is 0.257 e. The molecule has 0 aliphatic rings. The zero-order chi connectivity index (χ0) is 21.6. The number of hydrogen-bond donors (Lipinski definition) is 1. The Morgan fingerprint density at radius 2 is 1.84 bits per heavy atom. The molecular formula is C25H23N3O3. The molecule has 1 N–H and O–H groups in total. The molecule has 31 heavy (non-hydrogen) atoms. The Kier molecular flexibility index (Phi) is 6.08. The fourth-order valence-electron chi connectivity index (χ4n) is 3.29. The van der Waals surface area contributed by atoms with Crippen molar-refractivity contribution in [2.75, 3.05) is 0 Å². The SMILES string of the molecule is Cc1onc(-c2ccccc2)c1C(=O)NC(C)c1ccc(OCc2cccnc2)cc1. The van der Waals surface area contributed by atoms with Gasteiger partial charge in [-0.25, -0.2) is 0 Å². The molecule has 4 aromatic rings. The number of carbonyl (C=O) groups is 1. The highest BCUT2D eigenvalue weighted by Crippen LogP contribution is 2.26. The van der Waals surface area contributed by atoms with Gasteiger partial charge in [-0.1, -0.05) is 53.7 Å². The lowest BCUT2D eigenvalue weighted by molar-refractivity contribution is 0.0939. The quantitative estimate of drug-likeness (QED) is 0.455. The molecule has 2 aromatic carbocycles. The standard InChI is InChI=1S/C25H23N3O3/c1-17(20-10-12-22(13-11-20)30-16-19-7-6-14-26-15-19)27-25(29)23-18(2)31-28-24(23)21-8-4-3-5-9-21/h3-15,17H,16H2,1-2H3,(H,27,29). The van der Waals surface area contributed by atoms with E-state index in [1.807, 2.05) is 73.7 Å². The first-order chi connectivity index (χ1) is 15.1. The Labute approximate surface area is 180 Å². The Hall–Kier alpha value is -3.93. The Morgan fingerprint density at radius 3 is 2.55 bits per heavy atom. The molecule has 0 saturated heterocycles. The van der Waals surface area contributed by atoms with Crippen molar-refractivity contribution in [2.45, 2.75) is 26.5 Å². The van der Waals surface area contributed by atoms with E-state index in [0.29, 0.717) is 23.6 Å². The number of aromatic nitrogens is 2. The van der Waals surface area contributed by atoms with E-state index in [-0.39, 0.29) is 11.9 Å². The van der Waals surface area contributed by atoms with Gasteiger partial charge in [-0.3, -0.25) is 9.78 Å². The van der Waals surface area contributed by atoms with E-state index >= 15 is 0 Å². The summed E-state index contributed by atoms with van der Waals surface area (Å²) in [4.78, 5) is 17.1. The summed E-state index contributed by atoms with van der Waals surface area (Å²) in [6.07, 6.45) is 3.51. The summed E-state index contributed by atoms with van der Waals surface area (Å²) in [5.74, 6) is 1.03. The molecule has 1 atom stereocenters. The first kappa shape index (κ1) is 20.3. The van der Waals surface area contributed by atoms with E-state index in [0.717, 1.165) is 22.4 Å². The van der Waals surface area contributed by atoms with Gasteiger partial charge in [0.2, 0.25) is 0 Å². The molecule has 0 saturated carbocycles. The zero-order valence-corrected chi connectivity index (χ0v) is 17.4. The zero-order valence-electron chi connectivity index (χ0n) is 17.4. The molecule has 1 unspecified atom stereocenters. The van der Waals surface area contributed by atoms with Crippen LogP contribution >= 0.6 is 0 Å². The lowest BCUT2D eigenvalue weighted by Crippen LogP contribution is -2.27. The number of ether oxygens (including phenoxy) is 1. The fourth-order valence-corrected chi connectivity index (χ4v) is 3.29. The van der Waals surface area contributed by atoms with Crippen LogP contribution in [0.4, 0.5) is 0 Å². The number of carbonyl (C=O) groups excluding carboxylic acids is 1. The molecule has 0 bridgehead atoms. The van der Waals surface area contributed by atoms with E-state index in [2.05, 4.69) is 15.5 Å². The van der Waals surface area contributed by atoms with Crippen LogP contribution in [0, 0.1) is 6.92 Å². The van der Waals surface area contributed by atoms with Crippen LogP contribution in [0.3, 0.4) is 0 Å². The number of rotatable bonds is 7. The predicted octanol–water partition coefficient (Wildman–Crippen LogP) is 5.12. The molecule has 2 heterocycles. The predicted molar refractivity (Wildman–Crippen MR) is 118 cm³/mol. The first-order valence-corrected chi connectivity index (χ1v) is 10.1. The van der Waals surface area contributed by atoms with Gasteiger partial charge in [-0.2, -0.15) is 0 Å². The second-order valence-corrected chi connectivity index (χ2v) is 7.24. The van der Waals surface area contributed by atoms with Gasteiger partial charge in [0.25, 0.3) is 5.91 Å². The minimum absolute atomic E-state index is 0.196. The minimum atomic E-state index is -0.220. The molecule has 2 aromatic heterocycles. The van der Waals surface area contributed by atoms with Crippen molar-refractivity contribution >= 4 is 5.91 Å². The van der Waals surface area contributed by atoms with Crippen molar-refractivity contribution in [3.8, 4) is 17.0 Å². The van der Waals surface area contributed by atoms with Gasteiger partial charge < -0.3 is 14.6 Å². The van der Waals surface area contributed by atoms with Crippen molar-refractivity contribution in [1.29, 1.82) is 0 Å². The van der Waals surface area contributed by atoms with E-state index < -0.39 is 0 Å². The van der Waals surface area contributed by atoms with Gasteiger partial charge in [0.05, 0.1) is 6.04 Å². The molecule has 1 amide bonds. The number of benzene rings is 2. The lowest BCUT2D eigenvalue weighted by atomic mass is 10.0. The summed E-state index contributed by atoms with van der Waals surface area (Å²) >= 11 is 0. The van der Waals surface area contributed by atoms with Crippen LogP contribution < -0.4 is 10.1 Å². The number of nitrogens with zero attached hydrogens (tertiary/aromatic N) is 2. The second-order valence-electron chi connectivity index (χ2n) is 7.24. The van der Waals surface area contributed by atoms with Gasteiger partial charge in [0, 0.05) is 23.5 Å². The highest BCUT2D eigenvalue weighted by molar-refractivity contribution is 6.00. The Balaban J connectivity index is 1.42. The topological polar surface area (TPSA) is 77.2 Å². The average molecular weight is 413 g/mol. The molecule has 156 valence electrons. The van der Waals surface area contributed by atoms with Crippen LogP contribution in [0.25, 0.3) is 11.3 Å². The van der Waals surface area contributed by atoms with Crippen LogP contribution in [0.5, 0.6) is 5.75 Å². The number of hydrogen-bond acceptors (Lipinski definition) is 5. The smallest absolute Gasteiger partial charge is 0.257 e. The molecule has 0 radical (unpaired) electrons. The van der Waals surface area contributed by atoms with Crippen molar-refractivity contribution in [1.82, 2.24) is 15.5 Å². The largest absolute Gasteiger partial charge is 0.489 e. The highest BCUT2D eigenvalue weighted by atomic mass is 16.5. The summed E-state index contributed by atoms with van der Waals surface area (Å²) in [5.41, 5.74) is 3.81. The van der Waals surface area contributed by atoms with Crippen molar-refractivity contribution in [3.63, 3.8) is 0 Å². The Morgan fingerprint density at radius 1 is 1.06 bits per heavy atom. The van der Waals surface area contributed by atoms with Crippen molar-refractivity contribution < 1.29 is 14.1 Å². The van der Waals surface area contributed by atoms with E-state index in [4.69, 9.17) is 9.26 Å². The molecule has 4 rings (SSSR count). The summed E-state index contributed by atoms with van der Waals surface area (Å²) in [7, 11) is 0.